The maximum Gasteiger partial charge on any atom is 0.317 e. The van der Waals surface area contributed by atoms with E-state index in [1.54, 1.807) is 11.8 Å². The second-order valence-electron chi connectivity index (χ2n) is 6.23. The Hall–Kier alpha value is -1.26. The molecule has 1 heterocycles. The highest BCUT2D eigenvalue weighted by atomic mass is 16.4. The van der Waals surface area contributed by atoms with E-state index in [9.17, 15) is 14.7 Å². The molecule has 1 aliphatic carbocycles. The second kappa shape index (κ2) is 5.80. The Morgan fingerprint density at radius 1 is 1.32 bits per heavy atom. The van der Waals surface area contributed by atoms with Gasteiger partial charge < -0.3 is 15.3 Å². The van der Waals surface area contributed by atoms with E-state index in [-0.39, 0.29) is 6.03 Å². The van der Waals surface area contributed by atoms with Gasteiger partial charge in [-0.25, -0.2) is 4.79 Å². The fourth-order valence-electron chi connectivity index (χ4n) is 3.15. The van der Waals surface area contributed by atoms with Crippen LogP contribution in [0.25, 0.3) is 0 Å². The zero-order valence-corrected chi connectivity index (χ0v) is 11.7. The van der Waals surface area contributed by atoms with Gasteiger partial charge >= 0.3 is 12.0 Å². The van der Waals surface area contributed by atoms with Crippen LogP contribution >= 0.6 is 0 Å². The molecule has 2 fully saturated rings. The number of likely N-dealkylation sites (tertiary alicyclic amines) is 1. The number of aliphatic carboxylic acids is 1. The maximum absolute atomic E-state index is 12.1. The van der Waals surface area contributed by atoms with Crippen LogP contribution in [0.5, 0.6) is 0 Å². The van der Waals surface area contributed by atoms with Crippen LogP contribution in [-0.2, 0) is 4.79 Å². The van der Waals surface area contributed by atoms with E-state index in [1.807, 2.05) is 0 Å². The predicted octanol–water partition coefficient (Wildman–Crippen LogP) is 2.07. The fraction of sp³-hybridized carbons (Fsp3) is 0.857. The molecule has 19 heavy (non-hydrogen) atoms. The molecular formula is C14H24N2O3. The standard InChI is InChI=1S/C14H24N2O3/c1-14(12(17)18)7-4-8-16(10-14)13(19)15-9-11-5-2-3-6-11/h11H,2-10H2,1H3,(H,15,19)(H,17,18). The molecule has 2 N–H and O–H groups in total. The van der Waals surface area contributed by atoms with Crippen molar-refractivity contribution in [3.8, 4) is 0 Å². The van der Waals surface area contributed by atoms with Gasteiger partial charge in [-0.1, -0.05) is 12.8 Å². The second-order valence-corrected chi connectivity index (χ2v) is 6.23. The van der Waals surface area contributed by atoms with Crippen LogP contribution in [0.4, 0.5) is 4.79 Å². The van der Waals surface area contributed by atoms with Crippen LogP contribution in [0.3, 0.4) is 0 Å². The Labute approximate surface area is 114 Å². The van der Waals surface area contributed by atoms with E-state index in [4.69, 9.17) is 0 Å². The SMILES string of the molecule is CC1(C(=O)O)CCCN(C(=O)NCC2CCCC2)C1. The molecule has 2 rings (SSSR count). The summed E-state index contributed by atoms with van der Waals surface area (Å²) in [6, 6.07) is -0.0981. The van der Waals surface area contributed by atoms with E-state index in [0.717, 1.165) is 13.0 Å². The van der Waals surface area contributed by atoms with Gasteiger partial charge in [-0.3, -0.25) is 4.79 Å². The maximum atomic E-state index is 12.1. The molecule has 0 radical (unpaired) electrons. The van der Waals surface area contributed by atoms with Crippen molar-refractivity contribution in [2.75, 3.05) is 19.6 Å². The first-order chi connectivity index (χ1) is 9.01. The number of urea groups is 1. The summed E-state index contributed by atoms with van der Waals surface area (Å²) in [5, 5.41) is 12.2. The van der Waals surface area contributed by atoms with E-state index >= 15 is 0 Å². The van der Waals surface area contributed by atoms with E-state index in [2.05, 4.69) is 5.32 Å². The number of nitrogens with zero attached hydrogens (tertiary/aromatic N) is 1. The molecule has 108 valence electrons. The average molecular weight is 268 g/mol. The molecule has 0 bridgehead atoms. The summed E-state index contributed by atoms with van der Waals surface area (Å²) in [6.07, 6.45) is 6.34. The molecule has 2 aliphatic rings. The fourth-order valence-corrected chi connectivity index (χ4v) is 3.15. The number of carbonyl (C=O) groups is 2. The van der Waals surface area contributed by atoms with E-state index in [1.165, 1.54) is 25.7 Å². The molecule has 1 unspecified atom stereocenters. The van der Waals surface area contributed by atoms with Crippen molar-refractivity contribution in [2.24, 2.45) is 11.3 Å². The third-order valence-corrected chi connectivity index (χ3v) is 4.52. The number of hydrogen-bond acceptors (Lipinski definition) is 2. The molecule has 5 heteroatoms. The zero-order valence-electron chi connectivity index (χ0n) is 11.7. The predicted molar refractivity (Wildman–Crippen MR) is 71.9 cm³/mol. The summed E-state index contributed by atoms with van der Waals surface area (Å²) in [5.41, 5.74) is -0.789. The highest BCUT2D eigenvalue weighted by Gasteiger charge is 2.39. The summed E-state index contributed by atoms with van der Waals surface area (Å²) in [5.74, 6) is -0.194. The van der Waals surface area contributed by atoms with E-state index in [0.29, 0.717) is 25.4 Å². The minimum Gasteiger partial charge on any atom is -0.481 e. The largest absolute Gasteiger partial charge is 0.481 e. The monoisotopic (exact) mass is 268 g/mol. The van der Waals surface area contributed by atoms with Crippen LogP contribution in [-0.4, -0.2) is 41.6 Å². The van der Waals surface area contributed by atoms with Crippen molar-refractivity contribution in [1.82, 2.24) is 10.2 Å². The van der Waals surface area contributed by atoms with Gasteiger partial charge in [0.25, 0.3) is 0 Å². The number of piperidine rings is 1. The number of amides is 2. The first kappa shape index (κ1) is 14.2. The Kier molecular flexibility index (Phi) is 4.32. The summed E-state index contributed by atoms with van der Waals surface area (Å²) in [4.78, 5) is 25.0. The highest BCUT2D eigenvalue weighted by molar-refractivity contribution is 5.78. The lowest BCUT2D eigenvalue weighted by Crippen LogP contribution is -2.51. The molecule has 2 amide bonds. The van der Waals surface area contributed by atoms with Crippen LogP contribution in [0.2, 0.25) is 0 Å². The molecule has 0 aromatic heterocycles. The van der Waals surface area contributed by atoms with Crippen molar-refractivity contribution in [3.63, 3.8) is 0 Å². The average Bonchev–Trinajstić information content (AvgIpc) is 2.89. The van der Waals surface area contributed by atoms with Crippen LogP contribution in [0.15, 0.2) is 0 Å². The number of hydrogen-bond donors (Lipinski definition) is 2. The number of carboxylic acids is 1. The lowest BCUT2D eigenvalue weighted by Gasteiger charge is -2.37. The third-order valence-electron chi connectivity index (χ3n) is 4.52. The van der Waals surface area contributed by atoms with Crippen molar-refractivity contribution >= 4 is 12.0 Å². The summed E-state index contributed by atoms with van der Waals surface area (Å²) >= 11 is 0. The van der Waals surface area contributed by atoms with Gasteiger partial charge in [0.2, 0.25) is 0 Å². The van der Waals surface area contributed by atoms with Crippen LogP contribution < -0.4 is 5.32 Å². The van der Waals surface area contributed by atoms with Crippen LogP contribution in [0.1, 0.15) is 45.4 Å². The van der Waals surface area contributed by atoms with Crippen molar-refractivity contribution in [1.29, 1.82) is 0 Å². The molecule has 0 aromatic rings. The van der Waals surface area contributed by atoms with Crippen molar-refractivity contribution in [3.05, 3.63) is 0 Å². The lowest BCUT2D eigenvalue weighted by molar-refractivity contribution is -0.150. The van der Waals surface area contributed by atoms with Crippen molar-refractivity contribution < 1.29 is 14.7 Å². The smallest absolute Gasteiger partial charge is 0.317 e. The number of nitrogens with one attached hydrogen (secondary N) is 1. The third kappa shape index (κ3) is 3.39. The molecule has 1 aliphatic heterocycles. The van der Waals surface area contributed by atoms with Crippen molar-refractivity contribution in [2.45, 2.75) is 45.4 Å². The van der Waals surface area contributed by atoms with Gasteiger partial charge in [-0.15, -0.1) is 0 Å². The molecular weight excluding hydrogens is 244 g/mol. The van der Waals surface area contributed by atoms with Gasteiger partial charge in [0.05, 0.1) is 5.41 Å². The first-order valence-electron chi connectivity index (χ1n) is 7.27. The van der Waals surface area contributed by atoms with Gasteiger partial charge in [0, 0.05) is 19.6 Å². The van der Waals surface area contributed by atoms with Gasteiger partial charge in [-0.2, -0.15) is 0 Å². The van der Waals surface area contributed by atoms with E-state index < -0.39 is 11.4 Å². The summed E-state index contributed by atoms with van der Waals surface area (Å²) in [7, 11) is 0. The zero-order chi connectivity index (χ0) is 13.9. The highest BCUT2D eigenvalue weighted by Crippen LogP contribution is 2.29. The normalized spacial score (nSPS) is 28.4. The quantitative estimate of drug-likeness (QED) is 0.823. The van der Waals surface area contributed by atoms with Gasteiger partial charge in [0.15, 0.2) is 0 Å². The number of carbonyl (C=O) groups excluding carboxylic acids is 1. The first-order valence-corrected chi connectivity index (χ1v) is 7.27. The summed E-state index contributed by atoms with van der Waals surface area (Å²) in [6.45, 7) is 3.45. The molecule has 0 aromatic carbocycles. The molecule has 1 atom stereocenters. The number of carboxylic acid groups (broad SMARTS) is 1. The minimum atomic E-state index is -0.805. The van der Waals surface area contributed by atoms with Gasteiger partial charge in [-0.05, 0) is 38.5 Å². The van der Waals surface area contributed by atoms with Gasteiger partial charge in [0.1, 0.15) is 0 Å². The molecule has 1 saturated heterocycles. The molecule has 5 nitrogen and oxygen atoms in total. The Morgan fingerprint density at radius 2 is 2.00 bits per heavy atom. The Bertz CT molecular complexity index is 353. The number of rotatable bonds is 3. The Morgan fingerprint density at radius 3 is 2.63 bits per heavy atom. The topological polar surface area (TPSA) is 69.6 Å². The van der Waals surface area contributed by atoms with Crippen LogP contribution in [0, 0.1) is 11.3 Å². The summed E-state index contributed by atoms with van der Waals surface area (Å²) < 4.78 is 0. The Balaban J connectivity index is 1.83. The molecule has 1 saturated carbocycles. The molecule has 0 spiro atoms. The minimum absolute atomic E-state index is 0.0981. The lowest BCUT2D eigenvalue weighted by atomic mass is 9.82.